The fourth-order valence-corrected chi connectivity index (χ4v) is 3.88. The molecule has 0 saturated carbocycles. The van der Waals surface area contributed by atoms with Gasteiger partial charge in [-0.05, 0) is 55.6 Å². The first kappa shape index (κ1) is 14.4. The molecule has 1 nitrogen and oxygen atoms in total. The van der Waals surface area contributed by atoms with Gasteiger partial charge in [0.05, 0.1) is 0 Å². The number of rotatable bonds is 7. The molecule has 0 radical (unpaired) electrons. The Hall–Kier alpha value is 0.310. The summed E-state index contributed by atoms with van der Waals surface area (Å²) in [7, 11) is 0. The van der Waals surface area contributed by atoms with E-state index in [0.717, 1.165) is 17.9 Å². The first-order valence-electron chi connectivity index (χ1n) is 7.09. The minimum Gasteiger partial charge on any atom is -0.313 e. The zero-order valence-corrected chi connectivity index (χ0v) is 12.1. The standard InChI is InChI=1S/C14H29NS/c1-4-6-12(3)14(5-2)15-11-13-7-9-16-10-8-13/h12-15H,4-11H2,1-3H3. The highest BCUT2D eigenvalue weighted by Gasteiger charge is 2.18. The summed E-state index contributed by atoms with van der Waals surface area (Å²) in [5.41, 5.74) is 0. The molecule has 0 aromatic rings. The van der Waals surface area contributed by atoms with Crippen molar-refractivity contribution in [1.29, 1.82) is 0 Å². The molecule has 0 aliphatic carbocycles. The third-order valence-corrected chi connectivity index (χ3v) is 4.93. The van der Waals surface area contributed by atoms with E-state index in [0.29, 0.717) is 0 Å². The summed E-state index contributed by atoms with van der Waals surface area (Å²) < 4.78 is 0. The summed E-state index contributed by atoms with van der Waals surface area (Å²) >= 11 is 2.13. The Balaban J connectivity index is 2.21. The van der Waals surface area contributed by atoms with E-state index in [-0.39, 0.29) is 0 Å². The third-order valence-electron chi connectivity index (χ3n) is 3.88. The van der Waals surface area contributed by atoms with E-state index < -0.39 is 0 Å². The molecule has 1 heterocycles. The van der Waals surface area contributed by atoms with E-state index in [2.05, 4.69) is 37.8 Å². The van der Waals surface area contributed by atoms with Crippen molar-refractivity contribution in [3.05, 3.63) is 0 Å². The van der Waals surface area contributed by atoms with Gasteiger partial charge in [-0.25, -0.2) is 0 Å². The number of hydrogen-bond acceptors (Lipinski definition) is 2. The minimum absolute atomic E-state index is 0.745. The molecule has 0 amide bonds. The van der Waals surface area contributed by atoms with Gasteiger partial charge in [-0.1, -0.05) is 27.2 Å². The smallest absolute Gasteiger partial charge is 0.00901 e. The highest BCUT2D eigenvalue weighted by molar-refractivity contribution is 7.99. The topological polar surface area (TPSA) is 12.0 Å². The molecule has 96 valence electrons. The Bertz CT molecular complexity index is 166. The third kappa shape index (κ3) is 5.09. The van der Waals surface area contributed by atoms with Gasteiger partial charge in [0, 0.05) is 6.04 Å². The van der Waals surface area contributed by atoms with Crippen LogP contribution < -0.4 is 5.32 Å². The van der Waals surface area contributed by atoms with Gasteiger partial charge in [0.25, 0.3) is 0 Å². The first-order chi connectivity index (χ1) is 7.77. The fourth-order valence-electron chi connectivity index (χ4n) is 2.67. The van der Waals surface area contributed by atoms with E-state index in [9.17, 15) is 0 Å². The number of thioether (sulfide) groups is 1. The van der Waals surface area contributed by atoms with Crippen LogP contribution in [0.2, 0.25) is 0 Å². The van der Waals surface area contributed by atoms with E-state index in [1.54, 1.807) is 0 Å². The molecule has 1 rings (SSSR count). The number of hydrogen-bond donors (Lipinski definition) is 1. The van der Waals surface area contributed by atoms with Crippen LogP contribution in [-0.2, 0) is 0 Å². The monoisotopic (exact) mass is 243 g/mol. The van der Waals surface area contributed by atoms with Crippen LogP contribution in [-0.4, -0.2) is 24.1 Å². The quantitative estimate of drug-likeness (QED) is 0.727. The van der Waals surface area contributed by atoms with E-state index in [1.165, 1.54) is 50.2 Å². The lowest BCUT2D eigenvalue weighted by molar-refractivity contribution is 0.316. The van der Waals surface area contributed by atoms with Crippen LogP contribution in [0, 0.1) is 11.8 Å². The van der Waals surface area contributed by atoms with Crippen molar-refractivity contribution in [2.45, 2.75) is 58.9 Å². The maximum Gasteiger partial charge on any atom is 0.00901 e. The Morgan fingerprint density at radius 2 is 1.94 bits per heavy atom. The highest BCUT2D eigenvalue weighted by Crippen LogP contribution is 2.22. The van der Waals surface area contributed by atoms with Crippen molar-refractivity contribution >= 4 is 11.8 Å². The summed E-state index contributed by atoms with van der Waals surface area (Å²) in [5, 5.41) is 3.81. The van der Waals surface area contributed by atoms with Gasteiger partial charge >= 0.3 is 0 Å². The van der Waals surface area contributed by atoms with Crippen LogP contribution >= 0.6 is 11.8 Å². The van der Waals surface area contributed by atoms with Crippen LogP contribution in [0.5, 0.6) is 0 Å². The average Bonchev–Trinajstić information content (AvgIpc) is 2.31. The van der Waals surface area contributed by atoms with Crippen LogP contribution in [0.3, 0.4) is 0 Å². The van der Waals surface area contributed by atoms with E-state index in [4.69, 9.17) is 0 Å². The number of nitrogens with one attached hydrogen (secondary N) is 1. The molecule has 0 aromatic carbocycles. The maximum absolute atomic E-state index is 3.81. The summed E-state index contributed by atoms with van der Waals surface area (Å²) in [5.74, 6) is 4.55. The van der Waals surface area contributed by atoms with Crippen molar-refractivity contribution in [2.24, 2.45) is 11.8 Å². The van der Waals surface area contributed by atoms with Crippen LogP contribution in [0.4, 0.5) is 0 Å². The zero-order valence-electron chi connectivity index (χ0n) is 11.3. The predicted molar refractivity (Wildman–Crippen MR) is 76.2 cm³/mol. The van der Waals surface area contributed by atoms with Crippen molar-refractivity contribution in [3.8, 4) is 0 Å². The summed E-state index contributed by atoms with van der Waals surface area (Å²) in [6.45, 7) is 8.27. The van der Waals surface area contributed by atoms with Crippen LogP contribution in [0.1, 0.15) is 52.9 Å². The van der Waals surface area contributed by atoms with Crippen molar-refractivity contribution in [1.82, 2.24) is 5.32 Å². The molecule has 2 heteroatoms. The van der Waals surface area contributed by atoms with Gasteiger partial charge in [-0.2, -0.15) is 11.8 Å². The second-order valence-corrected chi connectivity index (χ2v) is 6.47. The van der Waals surface area contributed by atoms with Gasteiger partial charge < -0.3 is 5.32 Å². The van der Waals surface area contributed by atoms with Crippen molar-refractivity contribution < 1.29 is 0 Å². The Morgan fingerprint density at radius 1 is 1.25 bits per heavy atom. The molecule has 1 fully saturated rings. The molecular weight excluding hydrogens is 214 g/mol. The largest absolute Gasteiger partial charge is 0.313 e. The van der Waals surface area contributed by atoms with Gasteiger partial charge in [0.15, 0.2) is 0 Å². The Labute approximate surface area is 106 Å². The Kier molecular flexibility index (Phi) is 7.55. The molecule has 0 spiro atoms. The molecule has 1 aliphatic rings. The van der Waals surface area contributed by atoms with Crippen LogP contribution in [0.25, 0.3) is 0 Å². The lowest BCUT2D eigenvalue weighted by Crippen LogP contribution is -2.38. The van der Waals surface area contributed by atoms with Gasteiger partial charge in [-0.15, -0.1) is 0 Å². The normalized spacial score (nSPS) is 21.9. The van der Waals surface area contributed by atoms with Crippen molar-refractivity contribution in [2.75, 3.05) is 18.1 Å². The molecule has 1 saturated heterocycles. The van der Waals surface area contributed by atoms with E-state index in [1.807, 2.05) is 0 Å². The second kappa shape index (κ2) is 8.41. The molecule has 2 atom stereocenters. The van der Waals surface area contributed by atoms with Crippen LogP contribution in [0.15, 0.2) is 0 Å². The second-order valence-electron chi connectivity index (χ2n) is 5.24. The SMILES string of the molecule is CCCC(C)C(CC)NCC1CCSCC1. The van der Waals surface area contributed by atoms with Gasteiger partial charge in [-0.3, -0.25) is 0 Å². The zero-order chi connectivity index (χ0) is 11.8. The molecule has 0 aromatic heterocycles. The van der Waals surface area contributed by atoms with E-state index >= 15 is 0 Å². The van der Waals surface area contributed by atoms with Crippen molar-refractivity contribution in [3.63, 3.8) is 0 Å². The maximum atomic E-state index is 3.81. The molecule has 16 heavy (non-hydrogen) atoms. The van der Waals surface area contributed by atoms with Gasteiger partial charge in [0.1, 0.15) is 0 Å². The predicted octanol–water partition coefficient (Wildman–Crippen LogP) is 3.93. The summed E-state index contributed by atoms with van der Waals surface area (Å²) in [6.07, 6.45) is 6.82. The molecular formula is C14H29NS. The lowest BCUT2D eigenvalue weighted by atomic mass is 9.93. The lowest BCUT2D eigenvalue weighted by Gasteiger charge is -2.28. The molecule has 1 N–H and O–H groups in total. The molecule has 1 aliphatic heterocycles. The minimum atomic E-state index is 0.745. The first-order valence-corrected chi connectivity index (χ1v) is 8.24. The Morgan fingerprint density at radius 3 is 2.50 bits per heavy atom. The molecule has 0 bridgehead atoms. The summed E-state index contributed by atoms with van der Waals surface area (Å²) in [6, 6.07) is 0.745. The van der Waals surface area contributed by atoms with Gasteiger partial charge in [0.2, 0.25) is 0 Å². The highest BCUT2D eigenvalue weighted by atomic mass is 32.2. The molecule has 2 unspecified atom stereocenters. The fraction of sp³-hybridized carbons (Fsp3) is 1.00. The summed E-state index contributed by atoms with van der Waals surface area (Å²) in [4.78, 5) is 0. The average molecular weight is 243 g/mol.